The molecule has 2 N–H and O–H groups in total. The van der Waals surface area contributed by atoms with E-state index < -0.39 is 5.63 Å². The second-order valence-corrected chi connectivity index (χ2v) is 6.34. The molecule has 0 bridgehead atoms. The fourth-order valence-corrected chi connectivity index (χ4v) is 3.01. The molecule has 0 unspecified atom stereocenters. The van der Waals surface area contributed by atoms with Gasteiger partial charge in [0.2, 0.25) is 5.58 Å². The molecule has 0 fully saturated rings. The molecule has 0 aliphatic rings. The molecule has 2 aromatic carbocycles. The molecule has 0 radical (unpaired) electrons. The first-order chi connectivity index (χ1) is 11.9. The molecule has 4 aromatic rings. The van der Waals surface area contributed by atoms with E-state index in [0.717, 1.165) is 11.1 Å². The zero-order valence-corrected chi connectivity index (χ0v) is 13.8. The Balaban J connectivity index is 2.14. The molecule has 5 nitrogen and oxygen atoms in total. The van der Waals surface area contributed by atoms with Gasteiger partial charge in [0.05, 0.1) is 0 Å². The van der Waals surface area contributed by atoms with Gasteiger partial charge >= 0.3 is 5.63 Å². The Kier molecular flexibility index (Phi) is 3.32. The highest BCUT2D eigenvalue weighted by atomic mass is 16.4. The van der Waals surface area contributed by atoms with Crippen LogP contribution >= 0.6 is 0 Å². The van der Waals surface area contributed by atoms with E-state index in [-0.39, 0.29) is 22.7 Å². The minimum Gasteiger partial charge on any atom is -0.508 e. The predicted octanol–water partition coefficient (Wildman–Crippen LogP) is 4.61. The monoisotopic (exact) mass is 336 g/mol. The van der Waals surface area contributed by atoms with Gasteiger partial charge in [-0.05, 0) is 50.1 Å². The van der Waals surface area contributed by atoms with Gasteiger partial charge in [-0.1, -0.05) is 11.6 Å². The number of aromatic hydroxyl groups is 2. The lowest BCUT2D eigenvalue weighted by molar-refractivity contribution is 0.467. The number of rotatable bonds is 2. The van der Waals surface area contributed by atoms with Gasteiger partial charge in [-0.15, -0.1) is 0 Å². The standard InChI is InChI=1S/C20H16O5/c1-10(2)3-4-11-7-13-17(9-15(11)22)25-20(23)19-18(13)14-8-12(21)5-6-16(14)24-19/h3,5-9,21-22H,4H2,1-2H3. The van der Waals surface area contributed by atoms with Crippen LogP contribution in [-0.4, -0.2) is 10.2 Å². The van der Waals surface area contributed by atoms with Crippen molar-refractivity contribution in [2.75, 3.05) is 0 Å². The number of allylic oxidation sites excluding steroid dienone is 2. The summed E-state index contributed by atoms with van der Waals surface area (Å²) in [6, 6.07) is 7.92. The van der Waals surface area contributed by atoms with E-state index in [0.29, 0.717) is 28.2 Å². The van der Waals surface area contributed by atoms with E-state index in [9.17, 15) is 15.0 Å². The van der Waals surface area contributed by atoms with Crippen LogP contribution in [0.5, 0.6) is 11.5 Å². The Hall–Kier alpha value is -3.21. The van der Waals surface area contributed by atoms with Crippen molar-refractivity contribution in [2.24, 2.45) is 0 Å². The van der Waals surface area contributed by atoms with Crippen LogP contribution in [0, 0.1) is 0 Å². The number of furan rings is 1. The molecule has 0 aliphatic heterocycles. The SMILES string of the molecule is CC(C)=CCc1cc2c(cc1O)oc(=O)c1oc3ccc(O)cc3c12. The molecule has 0 aliphatic carbocycles. The number of hydrogen-bond donors (Lipinski definition) is 2. The summed E-state index contributed by atoms with van der Waals surface area (Å²) >= 11 is 0. The van der Waals surface area contributed by atoms with E-state index in [4.69, 9.17) is 8.83 Å². The number of hydrogen-bond acceptors (Lipinski definition) is 5. The summed E-state index contributed by atoms with van der Waals surface area (Å²) in [5, 5.41) is 21.9. The molecule has 4 rings (SSSR count). The molecule has 0 amide bonds. The lowest BCUT2D eigenvalue weighted by Crippen LogP contribution is -1.98. The van der Waals surface area contributed by atoms with Gasteiger partial charge in [0.15, 0.2) is 0 Å². The van der Waals surface area contributed by atoms with Crippen LogP contribution in [0.25, 0.3) is 32.9 Å². The smallest absolute Gasteiger partial charge is 0.380 e. The topological polar surface area (TPSA) is 83.8 Å². The van der Waals surface area contributed by atoms with Crippen molar-refractivity contribution in [1.82, 2.24) is 0 Å². The normalized spacial score (nSPS) is 11.4. The van der Waals surface area contributed by atoms with Crippen molar-refractivity contribution in [3.8, 4) is 11.5 Å². The largest absolute Gasteiger partial charge is 0.508 e. The Morgan fingerprint density at radius 3 is 2.56 bits per heavy atom. The minimum absolute atomic E-state index is 0.0724. The summed E-state index contributed by atoms with van der Waals surface area (Å²) in [6.07, 6.45) is 2.57. The molecule has 5 heteroatoms. The first-order valence-corrected chi connectivity index (χ1v) is 7.91. The van der Waals surface area contributed by atoms with E-state index >= 15 is 0 Å². The van der Waals surface area contributed by atoms with Crippen LogP contribution in [0.4, 0.5) is 0 Å². The quantitative estimate of drug-likeness (QED) is 0.412. The van der Waals surface area contributed by atoms with E-state index in [1.807, 2.05) is 19.9 Å². The Bertz CT molecular complexity index is 1220. The van der Waals surface area contributed by atoms with Crippen molar-refractivity contribution in [1.29, 1.82) is 0 Å². The highest BCUT2D eigenvalue weighted by Gasteiger charge is 2.18. The summed E-state index contributed by atoms with van der Waals surface area (Å²) < 4.78 is 10.9. The third kappa shape index (κ3) is 2.45. The average Bonchev–Trinajstić information content (AvgIpc) is 2.93. The van der Waals surface area contributed by atoms with Gasteiger partial charge in [0, 0.05) is 22.2 Å². The number of phenols is 2. The van der Waals surface area contributed by atoms with Gasteiger partial charge < -0.3 is 19.0 Å². The highest BCUT2D eigenvalue weighted by Crippen LogP contribution is 2.36. The summed E-state index contributed by atoms with van der Waals surface area (Å²) in [5.41, 5.74) is 2.12. The van der Waals surface area contributed by atoms with Crippen LogP contribution < -0.4 is 5.63 Å². The molecule has 126 valence electrons. The number of phenolic OH excluding ortho intramolecular Hbond substituents is 2. The van der Waals surface area contributed by atoms with Gasteiger partial charge in [0.1, 0.15) is 22.7 Å². The molecule has 0 spiro atoms. The van der Waals surface area contributed by atoms with Gasteiger partial charge in [-0.3, -0.25) is 0 Å². The van der Waals surface area contributed by atoms with Crippen molar-refractivity contribution < 1.29 is 19.0 Å². The predicted molar refractivity (Wildman–Crippen MR) is 96.2 cm³/mol. The summed E-state index contributed by atoms with van der Waals surface area (Å²) in [4.78, 5) is 12.2. The summed E-state index contributed by atoms with van der Waals surface area (Å²) in [5.74, 6) is 0.156. The Morgan fingerprint density at radius 2 is 1.80 bits per heavy atom. The van der Waals surface area contributed by atoms with Crippen molar-refractivity contribution in [3.05, 3.63) is 58.0 Å². The molecule has 0 atom stereocenters. The van der Waals surface area contributed by atoms with Crippen LogP contribution in [0.2, 0.25) is 0 Å². The zero-order valence-electron chi connectivity index (χ0n) is 13.8. The van der Waals surface area contributed by atoms with E-state index in [1.54, 1.807) is 18.2 Å². The van der Waals surface area contributed by atoms with Crippen molar-refractivity contribution >= 4 is 32.9 Å². The maximum absolute atomic E-state index is 12.2. The maximum atomic E-state index is 12.2. The zero-order chi connectivity index (χ0) is 17.7. The van der Waals surface area contributed by atoms with Gasteiger partial charge in [-0.2, -0.15) is 0 Å². The second-order valence-electron chi connectivity index (χ2n) is 6.34. The lowest BCUT2D eigenvalue weighted by Gasteiger charge is -2.05. The van der Waals surface area contributed by atoms with Crippen LogP contribution in [0.1, 0.15) is 19.4 Å². The molecule has 2 aromatic heterocycles. The average molecular weight is 336 g/mol. The van der Waals surface area contributed by atoms with E-state index in [1.165, 1.54) is 12.1 Å². The minimum atomic E-state index is -0.616. The van der Waals surface area contributed by atoms with E-state index in [2.05, 4.69) is 0 Å². The summed E-state index contributed by atoms with van der Waals surface area (Å²) in [7, 11) is 0. The molecule has 2 heterocycles. The summed E-state index contributed by atoms with van der Waals surface area (Å²) in [6.45, 7) is 3.98. The van der Waals surface area contributed by atoms with Gasteiger partial charge in [-0.25, -0.2) is 4.79 Å². The highest BCUT2D eigenvalue weighted by molar-refractivity contribution is 6.17. The van der Waals surface area contributed by atoms with Crippen LogP contribution in [-0.2, 0) is 6.42 Å². The molecule has 0 saturated carbocycles. The van der Waals surface area contributed by atoms with Gasteiger partial charge in [0.25, 0.3) is 0 Å². The third-order valence-electron chi connectivity index (χ3n) is 4.24. The maximum Gasteiger partial charge on any atom is 0.380 e. The van der Waals surface area contributed by atoms with Crippen LogP contribution in [0.3, 0.4) is 0 Å². The second kappa shape index (κ2) is 5.41. The molecule has 0 saturated heterocycles. The Labute approximate surface area is 142 Å². The fraction of sp³-hybridized carbons (Fsp3) is 0.150. The number of benzene rings is 2. The molecular formula is C20H16O5. The first-order valence-electron chi connectivity index (χ1n) is 7.91. The molecular weight excluding hydrogens is 320 g/mol. The third-order valence-corrected chi connectivity index (χ3v) is 4.24. The Morgan fingerprint density at radius 1 is 1.04 bits per heavy atom. The van der Waals surface area contributed by atoms with Crippen molar-refractivity contribution in [2.45, 2.75) is 20.3 Å². The fourth-order valence-electron chi connectivity index (χ4n) is 3.01. The lowest BCUT2D eigenvalue weighted by atomic mass is 10.0. The van der Waals surface area contributed by atoms with Crippen LogP contribution in [0.15, 0.2) is 55.6 Å². The van der Waals surface area contributed by atoms with Crippen molar-refractivity contribution in [3.63, 3.8) is 0 Å². The molecule has 25 heavy (non-hydrogen) atoms. The number of fused-ring (bicyclic) bond motifs is 5. The first kappa shape index (κ1) is 15.3.